The van der Waals surface area contributed by atoms with Crippen LogP contribution in [0, 0.1) is 0 Å². The Balaban J connectivity index is 2.16. The van der Waals surface area contributed by atoms with Crippen LogP contribution in [0.1, 0.15) is 42.5 Å². The highest BCUT2D eigenvalue weighted by Crippen LogP contribution is 2.26. The number of amides is 1. The maximum absolute atomic E-state index is 12.4. The van der Waals surface area contributed by atoms with Gasteiger partial charge in [0.2, 0.25) is 0 Å². The van der Waals surface area contributed by atoms with E-state index in [0.29, 0.717) is 16.6 Å². The van der Waals surface area contributed by atoms with Crippen molar-refractivity contribution in [2.24, 2.45) is 0 Å². The lowest BCUT2D eigenvalue weighted by molar-refractivity contribution is 0.0696. The van der Waals surface area contributed by atoms with E-state index in [-0.39, 0.29) is 5.91 Å². The lowest BCUT2D eigenvalue weighted by atomic mass is 9.94. The largest absolute Gasteiger partial charge is 0.339 e. The minimum atomic E-state index is 0.0215. The summed E-state index contributed by atoms with van der Waals surface area (Å²) in [4.78, 5) is 14.3. The van der Waals surface area contributed by atoms with Crippen molar-refractivity contribution in [3.63, 3.8) is 0 Å². The number of hydrogen-bond acceptors (Lipinski definition) is 1. The Bertz CT molecular complexity index is 443. The van der Waals surface area contributed by atoms with Crippen molar-refractivity contribution in [2.75, 3.05) is 7.05 Å². The molecule has 1 saturated carbocycles. The molecule has 1 amide bonds. The molecular formula is C14H17BrClNO. The standard InChI is InChI=1S/C14H17BrClNO/c1-17(11-5-3-2-4-6-11)14(18)12-9-10(15)7-8-13(12)16/h7-9,11H,2-6H2,1H3. The van der Waals surface area contributed by atoms with Crippen LogP contribution >= 0.6 is 27.5 Å². The Morgan fingerprint density at radius 1 is 1.33 bits per heavy atom. The molecule has 18 heavy (non-hydrogen) atoms. The maximum Gasteiger partial charge on any atom is 0.255 e. The van der Waals surface area contributed by atoms with Crippen LogP contribution in [0.4, 0.5) is 0 Å². The molecule has 1 aliphatic carbocycles. The van der Waals surface area contributed by atoms with Gasteiger partial charge < -0.3 is 4.90 Å². The first-order chi connectivity index (χ1) is 8.59. The normalized spacial score (nSPS) is 16.6. The van der Waals surface area contributed by atoms with E-state index in [1.807, 2.05) is 18.0 Å². The summed E-state index contributed by atoms with van der Waals surface area (Å²) in [5.41, 5.74) is 0.583. The molecule has 2 nitrogen and oxygen atoms in total. The number of benzene rings is 1. The van der Waals surface area contributed by atoms with Crippen molar-refractivity contribution >= 4 is 33.4 Å². The fourth-order valence-corrected chi connectivity index (χ4v) is 3.05. The highest BCUT2D eigenvalue weighted by Gasteiger charge is 2.24. The van der Waals surface area contributed by atoms with Gasteiger partial charge in [-0.25, -0.2) is 0 Å². The van der Waals surface area contributed by atoms with Gasteiger partial charge in [-0.1, -0.05) is 46.8 Å². The summed E-state index contributed by atoms with van der Waals surface area (Å²) in [5.74, 6) is 0.0215. The first kappa shape index (κ1) is 13.9. The van der Waals surface area contributed by atoms with Gasteiger partial charge in [0.15, 0.2) is 0 Å². The molecule has 0 unspecified atom stereocenters. The summed E-state index contributed by atoms with van der Waals surface area (Å²) >= 11 is 9.49. The SMILES string of the molecule is CN(C(=O)c1cc(Br)ccc1Cl)C1CCCCC1. The average molecular weight is 331 g/mol. The van der Waals surface area contributed by atoms with Crippen molar-refractivity contribution in [3.05, 3.63) is 33.3 Å². The third kappa shape index (κ3) is 3.07. The molecule has 0 bridgehead atoms. The maximum atomic E-state index is 12.4. The van der Waals surface area contributed by atoms with Gasteiger partial charge in [-0.15, -0.1) is 0 Å². The Morgan fingerprint density at radius 3 is 2.67 bits per heavy atom. The summed E-state index contributed by atoms with van der Waals surface area (Å²) in [6.07, 6.45) is 5.93. The molecule has 1 fully saturated rings. The highest BCUT2D eigenvalue weighted by molar-refractivity contribution is 9.10. The molecule has 0 N–H and O–H groups in total. The van der Waals surface area contributed by atoms with Gasteiger partial charge >= 0.3 is 0 Å². The smallest absolute Gasteiger partial charge is 0.255 e. The number of carbonyl (C=O) groups excluding carboxylic acids is 1. The molecule has 0 saturated heterocycles. The van der Waals surface area contributed by atoms with Crippen molar-refractivity contribution in [1.82, 2.24) is 4.90 Å². The summed E-state index contributed by atoms with van der Waals surface area (Å²) in [7, 11) is 1.88. The monoisotopic (exact) mass is 329 g/mol. The predicted octanol–water partition coefficient (Wildman–Crippen LogP) is 4.51. The third-order valence-electron chi connectivity index (χ3n) is 3.60. The number of rotatable bonds is 2. The predicted molar refractivity (Wildman–Crippen MR) is 78.1 cm³/mol. The molecule has 0 aromatic heterocycles. The van der Waals surface area contributed by atoms with Gasteiger partial charge in [-0.2, -0.15) is 0 Å². The van der Waals surface area contributed by atoms with E-state index in [1.54, 1.807) is 12.1 Å². The molecule has 4 heteroatoms. The van der Waals surface area contributed by atoms with Crippen LogP contribution in [0.2, 0.25) is 5.02 Å². The van der Waals surface area contributed by atoms with E-state index < -0.39 is 0 Å². The van der Waals surface area contributed by atoms with Crippen LogP contribution in [-0.4, -0.2) is 23.9 Å². The lowest BCUT2D eigenvalue weighted by Gasteiger charge is -2.31. The summed E-state index contributed by atoms with van der Waals surface area (Å²) < 4.78 is 0.882. The average Bonchev–Trinajstić information content (AvgIpc) is 2.41. The molecule has 0 spiro atoms. The van der Waals surface area contributed by atoms with Crippen LogP contribution < -0.4 is 0 Å². The highest BCUT2D eigenvalue weighted by atomic mass is 79.9. The number of halogens is 2. The minimum absolute atomic E-state index is 0.0215. The lowest BCUT2D eigenvalue weighted by Crippen LogP contribution is -2.38. The number of carbonyl (C=O) groups is 1. The number of nitrogens with zero attached hydrogens (tertiary/aromatic N) is 1. The zero-order valence-corrected chi connectivity index (χ0v) is 12.8. The molecule has 0 atom stereocenters. The minimum Gasteiger partial charge on any atom is -0.339 e. The molecule has 0 aliphatic heterocycles. The summed E-state index contributed by atoms with van der Waals surface area (Å²) in [5, 5.41) is 0.519. The second kappa shape index (κ2) is 6.07. The van der Waals surface area contributed by atoms with Crippen molar-refractivity contribution < 1.29 is 4.79 Å². The zero-order valence-electron chi connectivity index (χ0n) is 10.5. The van der Waals surface area contributed by atoms with Gasteiger partial charge in [-0.05, 0) is 31.0 Å². The first-order valence-electron chi connectivity index (χ1n) is 6.32. The molecule has 2 rings (SSSR count). The number of hydrogen-bond donors (Lipinski definition) is 0. The second-order valence-electron chi connectivity index (χ2n) is 4.83. The summed E-state index contributed by atoms with van der Waals surface area (Å²) in [6, 6.07) is 5.76. The molecule has 1 aromatic carbocycles. The van der Waals surface area contributed by atoms with Gasteiger partial charge in [0.1, 0.15) is 0 Å². The zero-order chi connectivity index (χ0) is 13.1. The van der Waals surface area contributed by atoms with Gasteiger partial charge in [0.25, 0.3) is 5.91 Å². The fraction of sp³-hybridized carbons (Fsp3) is 0.500. The van der Waals surface area contributed by atoms with Crippen molar-refractivity contribution in [1.29, 1.82) is 0 Å². The van der Waals surface area contributed by atoms with Gasteiger partial charge in [0, 0.05) is 17.6 Å². The van der Waals surface area contributed by atoms with Crippen LogP contribution in [0.5, 0.6) is 0 Å². The van der Waals surface area contributed by atoms with Crippen LogP contribution in [0.15, 0.2) is 22.7 Å². The van der Waals surface area contributed by atoms with E-state index in [1.165, 1.54) is 19.3 Å². The molecule has 0 heterocycles. The molecule has 1 aliphatic rings. The topological polar surface area (TPSA) is 20.3 Å². The second-order valence-corrected chi connectivity index (χ2v) is 6.15. The van der Waals surface area contributed by atoms with E-state index in [0.717, 1.165) is 17.3 Å². The Hall–Kier alpha value is -0.540. The quantitative estimate of drug-likeness (QED) is 0.781. The van der Waals surface area contributed by atoms with E-state index >= 15 is 0 Å². The first-order valence-corrected chi connectivity index (χ1v) is 7.49. The van der Waals surface area contributed by atoms with Crippen LogP contribution in [0.25, 0.3) is 0 Å². The van der Waals surface area contributed by atoms with E-state index in [2.05, 4.69) is 15.9 Å². The van der Waals surface area contributed by atoms with Crippen LogP contribution in [0.3, 0.4) is 0 Å². The van der Waals surface area contributed by atoms with E-state index in [9.17, 15) is 4.79 Å². The van der Waals surface area contributed by atoms with Crippen LogP contribution in [-0.2, 0) is 0 Å². The van der Waals surface area contributed by atoms with Gasteiger partial charge in [0.05, 0.1) is 10.6 Å². The molecular weight excluding hydrogens is 314 g/mol. The molecule has 98 valence electrons. The third-order valence-corrected chi connectivity index (χ3v) is 4.42. The van der Waals surface area contributed by atoms with E-state index in [4.69, 9.17) is 11.6 Å². The molecule has 0 radical (unpaired) electrons. The Kier molecular flexibility index (Phi) is 4.68. The van der Waals surface area contributed by atoms with Crippen molar-refractivity contribution in [3.8, 4) is 0 Å². The molecule has 1 aromatic rings. The van der Waals surface area contributed by atoms with Crippen molar-refractivity contribution in [2.45, 2.75) is 38.1 Å². The Labute approximate surface area is 121 Å². The summed E-state index contributed by atoms with van der Waals surface area (Å²) in [6.45, 7) is 0. The fourth-order valence-electron chi connectivity index (χ4n) is 2.49. The van der Waals surface area contributed by atoms with Gasteiger partial charge in [-0.3, -0.25) is 4.79 Å². The Morgan fingerprint density at radius 2 is 2.00 bits per heavy atom.